The lowest BCUT2D eigenvalue weighted by Gasteiger charge is -2.38. The first-order chi connectivity index (χ1) is 21.3. The quantitative estimate of drug-likeness (QED) is 0.386. The molecule has 4 rings (SSSR count). The van der Waals surface area contributed by atoms with Crippen LogP contribution in [0, 0.1) is 5.82 Å². The zero-order chi connectivity index (χ0) is 32.6. The van der Waals surface area contributed by atoms with Gasteiger partial charge in [0.05, 0.1) is 30.2 Å². The largest absolute Gasteiger partial charge is 0.491 e. The molecule has 45 heavy (non-hydrogen) atoms. The first-order valence-electron chi connectivity index (χ1n) is 15.2. The van der Waals surface area contributed by atoms with Gasteiger partial charge in [0, 0.05) is 25.2 Å². The van der Waals surface area contributed by atoms with Crippen molar-refractivity contribution >= 4 is 23.6 Å². The number of halogens is 1. The lowest BCUT2D eigenvalue weighted by Crippen LogP contribution is -2.56. The highest BCUT2D eigenvalue weighted by atomic mass is 19.1. The van der Waals surface area contributed by atoms with Crippen molar-refractivity contribution in [3.05, 3.63) is 65.5 Å². The number of para-hydroxylation sites is 1. The van der Waals surface area contributed by atoms with Gasteiger partial charge in [-0.1, -0.05) is 24.3 Å². The smallest absolute Gasteiger partial charge is 0.255 e. The second-order valence-corrected chi connectivity index (χ2v) is 12.6. The van der Waals surface area contributed by atoms with E-state index < -0.39 is 59.2 Å². The minimum atomic E-state index is -1.30. The lowest BCUT2D eigenvalue weighted by molar-refractivity contribution is -0.134. The van der Waals surface area contributed by atoms with E-state index in [-0.39, 0.29) is 36.9 Å². The molecule has 12 heteroatoms. The van der Waals surface area contributed by atoms with Crippen LogP contribution >= 0.6 is 0 Å². The second-order valence-electron chi connectivity index (χ2n) is 12.6. The number of carbonyl (C=O) groups is 4. The molecule has 1 fully saturated rings. The summed E-state index contributed by atoms with van der Waals surface area (Å²) in [5.41, 5.74) is -0.287. The van der Waals surface area contributed by atoms with E-state index >= 15 is 0 Å². The van der Waals surface area contributed by atoms with Gasteiger partial charge in [0.1, 0.15) is 30.3 Å². The van der Waals surface area contributed by atoms with Crippen LogP contribution in [0.15, 0.2) is 48.5 Å². The van der Waals surface area contributed by atoms with E-state index in [2.05, 4.69) is 21.3 Å². The molecule has 244 valence electrons. The first-order valence-corrected chi connectivity index (χ1v) is 15.2. The highest BCUT2D eigenvalue weighted by molar-refractivity contribution is 6.01. The third-order valence-electron chi connectivity index (χ3n) is 7.84. The fraction of sp³-hybridized carbons (Fsp3) is 0.515. The van der Waals surface area contributed by atoms with Gasteiger partial charge in [-0.25, -0.2) is 4.39 Å². The Hall–Kier alpha value is -4.03. The number of nitrogens with one attached hydrogen (secondary N) is 4. The van der Waals surface area contributed by atoms with Gasteiger partial charge in [0.2, 0.25) is 17.7 Å². The number of carbonyl (C=O) groups excluding carboxylic acids is 4. The van der Waals surface area contributed by atoms with Crippen LogP contribution < -0.4 is 26.0 Å². The molecule has 11 nitrogen and oxygen atoms in total. The third kappa shape index (κ3) is 9.48. The van der Waals surface area contributed by atoms with Crippen LogP contribution in [0.25, 0.3) is 0 Å². The van der Waals surface area contributed by atoms with Crippen LogP contribution in [0.3, 0.4) is 0 Å². The zero-order valence-electron chi connectivity index (χ0n) is 26.2. The van der Waals surface area contributed by atoms with E-state index in [0.717, 1.165) is 5.56 Å². The molecule has 0 radical (unpaired) electrons. The van der Waals surface area contributed by atoms with Crippen LogP contribution in [0.1, 0.15) is 62.9 Å². The summed E-state index contributed by atoms with van der Waals surface area (Å²) in [5.74, 6) is -2.44. The van der Waals surface area contributed by atoms with E-state index in [1.54, 1.807) is 37.3 Å². The SMILES string of the molecule is C[C@@H]1COc2ccccc2C(=O)N[C@H](C(=O)NCC2(c3cccc(F)c3)CCOCC2)CC(=O)N[C@@H](COC(C)(C)C)C(=O)N1. The van der Waals surface area contributed by atoms with Crippen LogP contribution in [-0.4, -0.2) is 80.3 Å². The maximum Gasteiger partial charge on any atom is 0.255 e. The number of rotatable bonds is 6. The molecule has 4 amide bonds. The normalized spacial score (nSPS) is 22.9. The zero-order valence-corrected chi connectivity index (χ0v) is 26.2. The van der Waals surface area contributed by atoms with E-state index in [1.807, 2.05) is 26.8 Å². The summed E-state index contributed by atoms with van der Waals surface area (Å²) in [6.07, 6.45) is 0.634. The van der Waals surface area contributed by atoms with Crippen molar-refractivity contribution in [2.24, 2.45) is 0 Å². The molecule has 0 aromatic heterocycles. The Morgan fingerprint density at radius 1 is 1.04 bits per heavy atom. The first kappa shape index (κ1) is 33.9. The molecule has 0 unspecified atom stereocenters. The molecule has 2 aliphatic rings. The molecule has 0 aliphatic carbocycles. The van der Waals surface area contributed by atoms with E-state index in [0.29, 0.717) is 26.1 Å². The summed E-state index contributed by atoms with van der Waals surface area (Å²) >= 11 is 0. The van der Waals surface area contributed by atoms with Gasteiger partial charge in [-0.15, -0.1) is 0 Å². The van der Waals surface area contributed by atoms with Crippen molar-refractivity contribution < 1.29 is 37.8 Å². The number of benzene rings is 2. The van der Waals surface area contributed by atoms with Crippen molar-refractivity contribution in [1.29, 1.82) is 0 Å². The Balaban J connectivity index is 1.60. The Morgan fingerprint density at radius 3 is 2.49 bits per heavy atom. The van der Waals surface area contributed by atoms with Crippen molar-refractivity contribution in [3.63, 3.8) is 0 Å². The number of ether oxygens (including phenoxy) is 3. The molecule has 1 saturated heterocycles. The molecule has 0 spiro atoms. The van der Waals surface area contributed by atoms with Gasteiger partial charge in [-0.2, -0.15) is 0 Å². The molecule has 0 saturated carbocycles. The highest BCUT2D eigenvalue weighted by Crippen LogP contribution is 2.34. The fourth-order valence-electron chi connectivity index (χ4n) is 5.31. The minimum absolute atomic E-state index is 0.0482. The van der Waals surface area contributed by atoms with Gasteiger partial charge in [0.15, 0.2) is 0 Å². The summed E-state index contributed by atoms with van der Waals surface area (Å²) in [5, 5.41) is 11.1. The number of hydrogen-bond acceptors (Lipinski definition) is 7. The van der Waals surface area contributed by atoms with Crippen molar-refractivity contribution in [1.82, 2.24) is 21.3 Å². The molecule has 2 heterocycles. The van der Waals surface area contributed by atoms with Crippen LogP contribution in [-0.2, 0) is 29.3 Å². The maximum atomic E-state index is 14.2. The molecule has 2 aliphatic heterocycles. The maximum absolute atomic E-state index is 14.2. The van der Waals surface area contributed by atoms with E-state index in [4.69, 9.17) is 14.2 Å². The average molecular weight is 627 g/mol. The Kier molecular flexibility index (Phi) is 11.2. The van der Waals surface area contributed by atoms with E-state index in [9.17, 15) is 23.6 Å². The number of fused-ring (bicyclic) bond motifs is 1. The summed E-state index contributed by atoms with van der Waals surface area (Å²) in [7, 11) is 0. The van der Waals surface area contributed by atoms with E-state index in [1.165, 1.54) is 12.1 Å². The second kappa shape index (κ2) is 14.8. The van der Waals surface area contributed by atoms with Gasteiger partial charge >= 0.3 is 0 Å². The van der Waals surface area contributed by atoms with Crippen molar-refractivity contribution in [2.75, 3.05) is 33.0 Å². The molecular formula is C33H43FN4O7. The highest BCUT2D eigenvalue weighted by Gasteiger charge is 2.37. The topological polar surface area (TPSA) is 144 Å². The number of hydrogen-bond donors (Lipinski definition) is 4. The summed E-state index contributed by atoms with van der Waals surface area (Å²) in [6, 6.07) is 9.97. The van der Waals surface area contributed by atoms with Gasteiger partial charge in [-0.05, 0) is 70.4 Å². The Bertz CT molecular complexity index is 1370. The third-order valence-corrected chi connectivity index (χ3v) is 7.84. The van der Waals surface area contributed by atoms with Crippen molar-refractivity contribution in [2.45, 2.75) is 76.1 Å². The average Bonchev–Trinajstić information content (AvgIpc) is 3.00. The molecule has 3 atom stereocenters. The lowest BCUT2D eigenvalue weighted by atomic mass is 9.74. The Morgan fingerprint density at radius 2 is 1.78 bits per heavy atom. The summed E-state index contributed by atoms with van der Waals surface area (Å²) in [4.78, 5) is 53.8. The van der Waals surface area contributed by atoms with Crippen LogP contribution in [0.4, 0.5) is 4.39 Å². The fourth-order valence-corrected chi connectivity index (χ4v) is 5.31. The van der Waals surface area contributed by atoms with Crippen molar-refractivity contribution in [3.8, 4) is 5.75 Å². The molecular weight excluding hydrogens is 583 g/mol. The Labute approximate surface area is 262 Å². The monoisotopic (exact) mass is 626 g/mol. The minimum Gasteiger partial charge on any atom is -0.491 e. The predicted molar refractivity (Wildman–Crippen MR) is 164 cm³/mol. The van der Waals surface area contributed by atoms with Gasteiger partial charge in [0.25, 0.3) is 5.91 Å². The standard InChI is InChI=1S/C33H43FN4O7/c1-21-18-44-27-11-6-5-10-24(27)29(40)38-25(17-28(39)37-26(31(42)36-21)19-45-32(2,3)4)30(41)35-20-33(12-14-43-15-13-33)22-8-7-9-23(34)16-22/h5-11,16,21,25-26H,12-15,17-20H2,1-4H3,(H,35,41)(H,36,42)(H,37,39)(H,38,40)/t21-,25+,26+/m1/s1. The predicted octanol–water partition coefficient (Wildman–Crippen LogP) is 2.38. The molecule has 2 aromatic carbocycles. The molecule has 2 aromatic rings. The molecule has 4 N–H and O–H groups in total. The number of amides is 4. The summed E-state index contributed by atoms with van der Waals surface area (Å²) in [6.45, 7) is 8.17. The van der Waals surface area contributed by atoms with Crippen LogP contribution in [0.5, 0.6) is 5.75 Å². The van der Waals surface area contributed by atoms with Crippen LogP contribution in [0.2, 0.25) is 0 Å². The van der Waals surface area contributed by atoms with Gasteiger partial charge in [-0.3, -0.25) is 19.2 Å². The molecule has 0 bridgehead atoms. The summed E-state index contributed by atoms with van der Waals surface area (Å²) < 4.78 is 31.5. The van der Waals surface area contributed by atoms with Gasteiger partial charge < -0.3 is 35.5 Å².